The lowest BCUT2D eigenvalue weighted by Crippen LogP contribution is -2.56. The van der Waals surface area contributed by atoms with E-state index in [9.17, 15) is 19.7 Å². The lowest BCUT2D eigenvalue weighted by atomic mass is 9.49. The van der Waals surface area contributed by atoms with Crippen molar-refractivity contribution in [1.29, 1.82) is 0 Å². The highest BCUT2D eigenvalue weighted by Gasteiger charge is 2.60. The number of rotatable bonds is 5. The predicted octanol–water partition coefficient (Wildman–Crippen LogP) is 3.65. The molecule has 7 nitrogen and oxygen atoms in total. The van der Waals surface area contributed by atoms with Gasteiger partial charge in [-0.3, -0.25) is 19.7 Å². The lowest BCUT2D eigenvalue weighted by molar-refractivity contribution is -0.384. The van der Waals surface area contributed by atoms with Gasteiger partial charge >= 0.3 is 5.97 Å². The zero-order valence-corrected chi connectivity index (χ0v) is 15.5. The Labute approximate surface area is 161 Å². The van der Waals surface area contributed by atoms with Gasteiger partial charge in [-0.25, -0.2) is 0 Å². The largest absolute Gasteiger partial charge is 0.455 e. The molecule has 4 aliphatic rings. The molecule has 2 unspecified atom stereocenters. The first-order valence-corrected chi connectivity index (χ1v) is 9.55. The number of nitrogens with zero attached hydrogens (tertiary/aromatic N) is 1. The van der Waals surface area contributed by atoms with Gasteiger partial charge < -0.3 is 10.1 Å². The van der Waals surface area contributed by atoms with Gasteiger partial charge in [0.05, 0.1) is 10.3 Å². The fourth-order valence-electron chi connectivity index (χ4n) is 5.54. The molecule has 5 rings (SSSR count). The first kappa shape index (κ1) is 18.2. The van der Waals surface area contributed by atoms with Gasteiger partial charge in [0.1, 0.15) is 0 Å². The smallest absolute Gasteiger partial charge is 0.312 e. The van der Waals surface area contributed by atoms with Crippen molar-refractivity contribution in [3.63, 3.8) is 0 Å². The van der Waals surface area contributed by atoms with Crippen LogP contribution in [-0.4, -0.2) is 28.3 Å². The molecule has 4 saturated carbocycles. The molecule has 4 atom stereocenters. The number of amides is 1. The zero-order chi connectivity index (χ0) is 19.2. The maximum atomic E-state index is 12.8. The second-order valence-corrected chi connectivity index (χ2v) is 9.12. The van der Waals surface area contributed by atoms with E-state index in [0.29, 0.717) is 23.9 Å². The molecule has 0 aliphatic heterocycles. The van der Waals surface area contributed by atoms with Crippen LogP contribution in [0.5, 0.6) is 0 Å². The number of benzene rings is 1. The van der Waals surface area contributed by atoms with Crippen molar-refractivity contribution in [3.8, 4) is 0 Å². The number of hydrogen-bond acceptors (Lipinski definition) is 5. The van der Waals surface area contributed by atoms with Crippen molar-refractivity contribution in [2.45, 2.75) is 43.4 Å². The number of carbonyl (C=O) groups excluding carboxylic acids is 2. The van der Waals surface area contributed by atoms with Crippen LogP contribution in [0.3, 0.4) is 0 Å². The van der Waals surface area contributed by atoms with Crippen LogP contribution in [0.1, 0.15) is 38.5 Å². The van der Waals surface area contributed by atoms with Crippen molar-refractivity contribution < 1.29 is 19.2 Å². The summed E-state index contributed by atoms with van der Waals surface area (Å²) in [6.45, 7) is -0.373. The number of esters is 1. The monoisotopic (exact) mass is 392 g/mol. The third-order valence-corrected chi connectivity index (χ3v) is 6.56. The second-order valence-electron chi connectivity index (χ2n) is 8.32. The molecule has 0 aromatic heterocycles. The number of anilines is 1. The summed E-state index contributed by atoms with van der Waals surface area (Å²) in [5.41, 5.74) is -0.188. The average Bonchev–Trinajstić information content (AvgIpc) is 2.58. The quantitative estimate of drug-likeness (QED) is 0.357. The van der Waals surface area contributed by atoms with E-state index >= 15 is 0 Å². The molecular formula is C19H21ClN2O5. The number of ether oxygens (including phenoxy) is 1. The first-order valence-electron chi connectivity index (χ1n) is 9.17. The molecular weight excluding hydrogens is 372 g/mol. The fourth-order valence-corrected chi connectivity index (χ4v) is 6.23. The Bertz CT molecular complexity index is 780. The Morgan fingerprint density at radius 2 is 1.81 bits per heavy atom. The highest BCUT2D eigenvalue weighted by molar-refractivity contribution is 6.24. The predicted molar refractivity (Wildman–Crippen MR) is 98.4 cm³/mol. The molecule has 0 spiro atoms. The summed E-state index contributed by atoms with van der Waals surface area (Å²) in [5.74, 6) is 0.165. The summed E-state index contributed by atoms with van der Waals surface area (Å²) in [6.07, 6.45) is 5.34. The van der Waals surface area contributed by atoms with Crippen LogP contribution in [0.15, 0.2) is 24.3 Å². The lowest BCUT2D eigenvalue weighted by Gasteiger charge is -2.58. The van der Waals surface area contributed by atoms with Crippen LogP contribution in [0.25, 0.3) is 0 Å². The number of carbonyl (C=O) groups is 2. The third-order valence-electron chi connectivity index (χ3n) is 6.12. The van der Waals surface area contributed by atoms with Crippen LogP contribution in [0.2, 0.25) is 0 Å². The van der Waals surface area contributed by atoms with E-state index in [1.807, 2.05) is 0 Å². The van der Waals surface area contributed by atoms with Crippen LogP contribution in [-0.2, 0) is 14.3 Å². The molecule has 4 bridgehead atoms. The molecule has 4 fully saturated rings. The Kier molecular flexibility index (Phi) is 4.37. The van der Waals surface area contributed by atoms with Gasteiger partial charge in [0.15, 0.2) is 6.61 Å². The number of non-ortho nitro benzene ring substituents is 1. The third kappa shape index (κ3) is 3.52. The summed E-state index contributed by atoms with van der Waals surface area (Å²) < 4.78 is 5.35. The Hall–Kier alpha value is -2.15. The minimum atomic E-state index is -0.542. The highest BCUT2D eigenvalue weighted by atomic mass is 35.5. The minimum Gasteiger partial charge on any atom is -0.455 e. The average molecular weight is 393 g/mol. The van der Waals surface area contributed by atoms with Gasteiger partial charge in [-0.1, -0.05) is 0 Å². The van der Waals surface area contributed by atoms with E-state index in [0.717, 1.165) is 32.1 Å². The standard InChI is InChI=1S/C19H21ClN2O5/c20-19-8-12-5-13(9-19)7-18(6-12,11-19)17(24)27-10-16(23)21-14-1-3-15(4-2-14)22(25)26/h1-4,12-13H,5-11H2,(H,21,23)/t12-,13+,18?,19?. The number of nitro benzene ring substituents is 1. The summed E-state index contributed by atoms with van der Waals surface area (Å²) in [4.78, 5) is 34.7. The first-order chi connectivity index (χ1) is 12.8. The van der Waals surface area contributed by atoms with E-state index < -0.39 is 16.2 Å². The molecule has 144 valence electrons. The van der Waals surface area contributed by atoms with Crippen molar-refractivity contribution in [3.05, 3.63) is 34.4 Å². The molecule has 4 aliphatic carbocycles. The number of hydrogen-bond donors (Lipinski definition) is 1. The van der Waals surface area contributed by atoms with Crippen LogP contribution < -0.4 is 5.32 Å². The number of nitro groups is 1. The van der Waals surface area contributed by atoms with Crippen molar-refractivity contribution in [2.75, 3.05) is 11.9 Å². The molecule has 27 heavy (non-hydrogen) atoms. The minimum absolute atomic E-state index is 0.0590. The van der Waals surface area contributed by atoms with Crippen LogP contribution in [0, 0.1) is 27.4 Å². The topological polar surface area (TPSA) is 98.5 Å². The van der Waals surface area contributed by atoms with Crippen molar-refractivity contribution in [2.24, 2.45) is 17.3 Å². The normalized spacial score (nSPS) is 33.5. The summed E-state index contributed by atoms with van der Waals surface area (Å²) in [7, 11) is 0. The Balaban J connectivity index is 1.34. The Morgan fingerprint density at radius 3 is 2.37 bits per heavy atom. The van der Waals surface area contributed by atoms with E-state index in [1.165, 1.54) is 24.3 Å². The molecule has 0 radical (unpaired) electrons. The van der Waals surface area contributed by atoms with E-state index in [4.69, 9.17) is 16.3 Å². The summed E-state index contributed by atoms with van der Waals surface area (Å²) in [5, 5.41) is 13.2. The second kappa shape index (κ2) is 6.48. The van der Waals surface area contributed by atoms with Gasteiger partial charge in [0.25, 0.3) is 11.6 Å². The number of nitrogens with one attached hydrogen (secondary N) is 1. The number of halogens is 1. The molecule has 1 aromatic carbocycles. The molecule has 8 heteroatoms. The zero-order valence-electron chi connectivity index (χ0n) is 14.8. The van der Waals surface area contributed by atoms with Gasteiger partial charge in [-0.05, 0) is 62.5 Å². The highest BCUT2D eigenvalue weighted by Crippen LogP contribution is 2.64. The van der Waals surface area contributed by atoms with Gasteiger partial charge in [-0.2, -0.15) is 0 Å². The molecule has 1 aromatic rings. The summed E-state index contributed by atoms with van der Waals surface area (Å²) >= 11 is 6.73. The van der Waals surface area contributed by atoms with Gasteiger partial charge in [-0.15, -0.1) is 11.6 Å². The maximum absolute atomic E-state index is 12.8. The van der Waals surface area contributed by atoms with E-state index in [1.54, 1.807) is 0 Å². The van der Waals surface area contributed by atoms with Crippen LogP contribution >= 0.6 is 11.6 Å². The molecule has 1 N–H and O–H groups in total. The van der Waals surface area contributed by atoms with Crippen molar-refractivity contribution in [1.82, 2.24) is 0 Å². The Morgan fingerprint density at radius 1 is 1.19 bits per heavy atom. The summed E-state index contributed by atoms with van der Waals surface area (Å²) in [6, 6.07) is 5.48. The van der Waals surface area contributed by atoms with Crippen LogP contribution in [0.4, 0.5) is 11.4 Å². The molecule has 1 amide bonds. The van der Waals surface area contributed by atoms with Gasteiger partial charge in [0, 0.05) is 22.7 Å². The maximum Gasteiger partial charge on any atom is 0.312 e. The molecule has 0 heterocycles. The van der Waals surface area contributed by atoms with E-state index in [2.05, 4.69) is 5.32 Å². The SMILES string of the molecule is O=C(COC(=O)C12C[C@@H]3C[C@@H](CC(Cl)(C3)C1)C2)Nc1ccc([N+](=O)[O-])cc1. The molecule has 0 saturated heterocycles. The fraction of sp³-hybridized carbons (Fsp3) is 0.579. The van der Waals surface area contributed by atoms with E-state index in [-0.39, 0.29) is 23.1 Å². The van der Waals surface area contributed by atoms with Crippen molar-refractivity contribution >= 4 is 34.9 Å². The number of alkyl halides is 1. The van der Waals surface area contributed by atoms with Gasteiger partial charge in [0.2, 0.25) is 0 Å².